The minimum absolute atomic E-state index is 0. The average Bonchev–Trinajstić information content (AvgIpc) is 2.28. The molecule has 2 rings (SSSR count). The molecule has 1 aromatic heterocycles. The highest BCUT2D eigenvalue weighted by molar-refractivity contribution is 5.85. The summed E-state index contributed by atoms with van der Waals surface area (Å²) in [6.45, 7) is 0. The fraction of sp³-hybridized carbons (Fsp3) is 0.154. The summed E-state index contributed by atoms with van der Waals surface area (Å²) in [6, 6.07) is 10.4. The molecule has 0 fully saturated rings. The Bertz CT molecular complexity index is 488. The van der Waals surface area contributed by atoms with Crippen molar-refractivity contribution in [2.24, 2.45) is 0 Å². The maximum atomic E-state index is 13.3. The number of rotatable bonds is 3. The highest BCUT2D eigenvalue weighted by Crippen LogP contribution is 2.11. The number of aromatic nitrogens is 1. The zero-order chi connectivity index (χ0) is 11.4. The van der Waals surface area contributed by atoms with Crippen molar-refractivity contribution in [2.75, 3.05) is 5.73 Å². The number of aryl methyl sites for hydroxylation is 2. The van der Waals surface area contributed by atoms with Gasteiger partial charge in [-0.05, 0) is 36.6 Å². The van der Waals surface area contributed by atoms with Crippen LogP contribution < -0.4 is 5.73 Å². The standard InChI is InChI=1S/C13H13FN2.ClH/c14-13-4-2-1-3-10(13)5-6-12-9-11(15)7-8-16-12;/h1-4,7-9H,5-6H2,(H2,15,16);1H. The Labute approximate surface area is 106 Å². The number of nitrogens with zero attached hydrogens (tertiary/aromatic N) is 1. The second kappa shape index (κ2) is 6.21. The first kappa shape index (κ1) is 13.5. The van der Waals surface area contributed by atoms with Gasteiger partial charge in [0.2, 0.25) is 0 Å². The topological polar surface area (TPSA) is 38.9 Å². The van der Waals surface area contributed by atoms with Crippen LogP contribution >= 0.6 is 12.4 Å². The molecule has 17 heavy (non-hydrogen) atoms. The van der Waals surface area contributed by atoms with E-state index in [1.165, 1.54) is 6.07 Å². The van der Waals surface area contributed by atoms with Gasteiger partial charge < -0.3 is 5.73 Å². The Morgan fingerprint density at radius 2 is 1.88 bits per heavy atom. The van der Waals surface area contributed by atoms with Crippen molar-refractivity contribution >= 4 is 18.1 Å². The normalized spacial score (nSPS) is 9.71. The monoisotopic (exact) mass is 252 g/mol. The second-order valence-electron chi connectivity index (χ2n) is 3.67. The number of nitrogen functional groups attached to an aromatic ring is 1. The third kappa shape index (κ3) is 3.71. The molecule has 2 aromatic rings. The SMILES string of the molecule is Cl.Nc1ccnc(CCc2ccccc2F)c1. The van der Waals surface area contributed by atoms with Gasteiger partial charge >= 0.3 is 0 Å². The lowest BCUT2D eigenvalue weighted by Crippen LogP contribution is -1.97. The van der Waals surface area contributed by atoms with E-state index < -0.39 is 0 Å². The van der Waals surface area contributed by atoms with E-state index in [9.17, 15) is 4.39 Å². The molecule has 0 aliphatic rings. The molecule has 2 nitrogen and oxygen atoms in total. The molecule has 0 aliphatic heterocycles. The van der Waals surface area contributed by atoms with Gasteiger partial charge in [-0.2, -0.15) is 0 Å². The first-order valence-electron chi connectivity index (χ1n) is 5.19. The molecule has 0 aliphatic carbocycles. The molecule has 2 N–H and O–H groups in total. The molecular formula is C13H14ClFN2. The zero-order valence-corrected chi connectivity index (χ0v) is 10.1. The van der Waals surface area contributed by atoms with Gasteiger partial charge in [0.05, 0.1) is 0 Å². The van der Waals surface area contributed by atoms with Crippen molar-refractivity contribution in [3.63, 3.8) is 0 Å². The van der Waals surface area contributed by atoms with E-state index in [4.69, 9.17) is 5.73 Å². The van der Waals surface area contributed by atoms with Crippen molar-refractivity contribution in [1.29, 1.82) is 0 Å². The Kier molecular flexibility index (Phi) is 4.91. The van der Waals surface area contributed by atoms with Crippen LogP contribution in [-0.4, -0.2) is 4.98 Å². The van der Waals surface area contributed by atoms with Crippen LogP contribution in [0.2, 0.25) is 0 Å². The predicted molar refractivity (Wildman–Crippen MR) is 69.7 cm³/mol. The van der Waals surface area contributed by atoms with E-state index in [0.717, 1.165) is 5.69 Å². The van der Waals surface area contributed by atoms with Crippen molar-refractivity contribution in [2.45, 2.75) is 12.8 Å². The number of benzene rings is 1. The van der Waals surface area contributed by atoms with Crippen molar-refractivity contribution < 1.29 is 4.39 Å². The van der Waals surface area contributed by atoms with Gasteiger partial charge in [0.15, 0.2) is 0 Å². The van der Waals surface area contributed by atoms with Gasteiger partial charge in [-0.25, -0.2) is 4.39 Å². The summed E-state index contributed by atoms with van der Waals surface area (Å²) in [5.74, 6) is -0.161. The predicted octanol–water partition coefficient (Wildman–Crippen LogP) is 3.01. The van der Waals surface area contributed by atoms with Gasteiger partial charge in [0.1, 0.15) is 5.82 Å². The van der Waals surface area contributed by atoms with Gasteiger partial charge in [-0.1, -0.05) is 18.2 Å². The van der Waals surface area contributed by atoms with E-state index in [1.54, 1.807) is 24.4 Å². The lowest BCUT2D eigenvalue weighted by atomic mass is 10.1. The van der Waals surface area contributed by atoms with E-state index >= 15 is 0 Å². The Morgan fingerprint density at radius 1 is 1.12 bits per heavy atom. The fourth-order valence-electron chi connectivity index (χ4n) is 1.60. The highest BCUT2D eigenvalue weighted by atomic mass is 35.5. The number of hydrogen-bond acceptors (Lipinski definition) is 2. The van der Waals surface area contributed by atoms with Crippen LogP contribution in [0, 0.1) is 5.82 Å². The summed E-state index contributed by atoms with van der Waals surface area (Å²) in [4.78, 5) is 4.18. The summed E-state index contributed by atoms with van der Waals surface area (Å²) in [5, 5.41) is 0. The molecule has 0 bridgehead atoms. The van der Waals surface area contributed by atoms with Gasteiger partial charge in [-0.15, -0.1) is 12.4 Å². The minimum atomic E-state index is -0.161. The number of nitrogens with two attached hydrogens (primary N) is 1. The van der Waals surface area contributed by atoms with E-state index in [-0.39, 0.29) is 18.2 Å². The summed E-state index contributed by atoms with van der Waals surface area (Å²) in [7, 11) is 0. The van der Waals surface area contributed by atoms with Gasteiger partial charge in [-0.3, -0.25) is 4.98 Å². The largest absolute Gasteiger partial charge is 0.399 e. The van der Waals surface area contributed by atoms with Crippen LogP contribution in [0.4, 0.5) is 10.1 Å². The summed E-state index contributed by atoms with van der Waals surface area (Å²) in [5.41, 5.74) is 7.94. The molecule has 0 spiro atoms. The number of halogens is 2. The van der Waals surface area contributed by atoms with E-state index in [1.807, 2.05) is 12.1 Å². The molecule has 0 atom stereocenters. The first-order chi connectivity index (χ1) is 7.75. The highest BCUT2D eigenvalue weighted by Gasteiger charge is 2.02. The first-order valence-corrected chi connectivity index (χ1v) is 5.19. The zero-order valence-electron chi connectivity index (χ0n) is 9.27. The maximum absolute atomic E-state index is 13.3. The van der Waals surface area contributed by atoms with Crippen LogP contribution in [0.15, 0.2) is 42.6 Å². The van der Waals surface area contributed by atoms with Gasteiger partial charge in [0, 0.05) is 17.6 Å². The second-order valence-corrected chi connectivity index (χ2v) is 3.67. The third-order valence-electron chi connectivity index (χ3n) is 2.45. The van der Waals surface area contributed by atoms with Crippen LogP contribution in [0.25, 0.3) is 0 Å². The summed E-state index contributed by atoms with van der Waals surface area (Å²) < 4.78 is 13.3. The van der Waals surface area contributed by atoms with Crippen LogP contribution in [0.5, 0.6) is 0 Å². The Morgan fingerprint density at radius 3 is 2.59 bits per heavy atom. The van der Waals surface area contributed by atoms with Crippen LogP contribution in [-0.2, 0) is 12.8 Å². The Hall–Kier alpha value is -1.61. The Balaban J connectivity index is 0.00000144. The number of hydrogen-bond donors (Lipinski definition) is 1. The molecule has 0 radical (unpaired) electrons. The van der Waals surface area contributed by atoms with Crippen molar-refractivity contribution in [1.82, 2.24) is 4.98 Å². The van der Waals surface area contributed by atoms with Crippen LogP contribution in [0.1, 0.15) is 11.3 Å². The average molecular weight is 253 g/mol. The van der Waals surface area contributed by atoms with Gasteiger partial charge in [0.25, 0.3) is 0 Å². The quantitative estimate of drug-likeness (QED) is 0.912. The molecule has 4 heteroatoms. The molecule has 90 valence electrons. The number of pyridine rings is 1. The molecule has 1 heterocycles. The molecule has 0 saturated carbocycles. The fourth-order valence-corrected chi connectivity index (χ4v) is 1.60. The number of anilines is 1. The van der Waals surface area contributed by atoms with Crippen molar-refractivity contribution in [3.8, 4) is 0 Å². The lowest BCUT2D eigenvalue weighted by molar-refractivity contribution is 0.608. The van der Waals surface area contributed by atoms with Crippen molar-refractivity contribution in [3.05, 3.63) is 59.7 Å². The lowest BCUT2D eigenvalue weighted by Gasteiger charge is -2.03. The summed E-state index contributed by atoms with van der Waals surface area (Å²) >= 11 is 0. The summed E-state index contributed by atoms with van der Waals surface area (Å²) in [6.07, 6.45) is 3.01. The van der Waals surface area contributed by atoms with Crippen LogP contribution in [0.3, 0.4) is 0 Å². The third-order valence-corrected chi connectivity index (χ3v) is 2.45. The maximum Gasteiger partial charge on any atom is 0.126 e. The molecule has 0 amide bonds. The smallest absolute Gasteiger partial charge is 0.126 e. The van der Waals surface area contributed by atoms with E-state index in [0.29, 0.717) is 24.1 Å². The molecular weight excluding hydrogens is 239 g/mol. The molecule has 0 unspecified atom stereocenters. The molecule has 0 saturated heterocycles. The van der Waals surface area contributed by atoms with E-state index in [2.05, 4.69) is 4.98 Å². The minimum Gasteiger partial charge on any atom is -0.399 e. The molecule has 1 aromatic carbocycles.